The molecule has 1 saturated heterocycles. The van der Waals surface area contributed by atoms with Crippen LogP contribution in [-0.2, 0) is 9.53 Å². The Labute approximate surface area is 187 Å². The summed E-state index contributed by atoms with van der Waals surface area (Å²) in [5.74, 6) is -0.132. The summed E-state index contributed by atoms with van der Waals surface area (Å²) >= 11 is 0. The molecule has 168 valence electrons. The Balaban J connectivity index is 1.82. The van der Waals surface area contributed by atoms with E-state index in [1.54, 1.807) is 66.3 Å². The van der Waals surface area contributed by atoms with E-state index in [1.807, 2.05) is 18.2 Å². The van der Waals surface area contributed by atoms with Gasteiger partial charge in [-0.1, -0.05) is 36.4 Å². The maximum absolute atomic E-state index is 13.3. The summed E-state index contributed by atoms with van der Waals surface area (Å²) in [5, 5.41) is 2.75. The molecule has 0 radical (unpaired) electrons. The van der Waals surface area contributed by atoms with Gasteiger partial charge in [-0.15, -0.1) is 0 Å². The summed E-state index contributed by atoms with van der Waals surface area (Å²) in [7, 11) is 1.55. The Morgan fingerprint density at radius 2 is 1.56 bits per heavy atom. The summed E-state index contributed by atoms with van der Waals surface area (Å²) in [6.45, 7) is 3.44. The Hall–Kier alpha value is -3.81. The van der Waals surface area contributed by atoms with Crippen LogP contribution in [0.3, 0.4) is 0 Å². The minimum absolute atomic E-state index is 0.132. The standard InChI is InChI=1S/C24H27N3O5/c1-3-32-24(30)27-15-13-26(14-16-27)23(29)20(17-19-11-7-8-12-21(19)31-2)25-22(28)18-9-5-4-6-10-18/h4-12,17H,3,13-16H2,1-2H3,(H,25,28)/b20-17+. The normalized spacial score (nSPS) is 14.0. The van der Waals surface area contributed by atoms with Crippen molar-refractivity contribution in [3.8, 4) is 5.75 Å². The number of methoxy groups -OCH3 is 1. The first-order chi connectivity index (χ1) is 15.5. The van der Waals surface area contributed by atoms with E-state index in [0.717, 1.165) is 0 Å². The van der Waals surface area contributed by atoms with E-state index in [1.165, 1.54) is 0 Å². The van der Waals surface area contributed by atoms with Crippen LogP contribution in [0, 0.1) is 0 Å². The molecular weight excluding hydrogens is 410 g/mol. The highest BCUT2D eigenvalue weighted by Crippen LogP contribution is 2.21. The van der Waals surface area contributed by atoms with E-state index in [2.05, 4.69) is 5.32 Å². The van der Waals surface area contributed by atoms with Crippen LogP contribution in [-0.4, -0.2) is 67.6 Å². The number of hydrogen-bond acceptors (Lipinski definition) is 5. The van der Waals surface area contributed by atoms with Gasteiger partial charge in [0, 0.05) is 37.3 Å². The zero-order valence-electron chi connectivity index (χ0n) is 18.2. The number of carbonyl (C=O) groups excluding carboxylic acids is 3. The predicted octanol–water partition coefficient (Wildman–Crippen LogP) is 2.77. The van der Waals surface area contributed by atoms with E-state index in [-0.39, 0.29) is 23.6 Å². The van der Waals surface area contributed by atoms with Crippen molar-refractivity contribution in [2.45, 2.75) is 6.92 Å². The molecule has 0 bridgehead atoms. The molecule has 1 aliphatic heterocycles. The van der Waals surface area contributed by atoms with Crippen LogP contribution in [0.4, 0.5) is 4.79 Å². The van der Waals surface area contributed by atoms with E-state index < -0.39 is 0 Å². The average molecular weight is 437 g/mol. The van der Waals surface area contributed by atoms with Crippen LogP contribution in [0.25, 0.3) is 6.08 Å². The number of piperazine rings is 1. The van der Waals surface area contributed by atoms with E-state index >= 15 is 0 Å². The lowest BCUT2D eigenvalue weighted by Gasteiger charge is -2.34. The topological polar surface area (TPSA) is 88.2 Å². The lowest BCUT2D eigenvalue weighted by molar-refractivity contribution is -0.128. The number of hydrogen-bond donors (Lipinski definition) is 1. The number of carbonyl (C=O) groups is 3. The van der Waals surface area contributed by atoms with Crippen molar-refractivity contribution in [1.29, 1.82) is 0 Å². The Morgan fingerprint density at radius 3 is 2.22 bits per heavy atom. The Kier molecular flexibility index (Phi) is 7.85. The minimum atomic E-state index is -0.387. The zero-order valence-corrected chi connectivity index (χ0v) is 18.2. The Morgan fingerprint density at radius 1 is 0.938 bits per heavy atom. The lowest BCUT2D eigenvalue weighted by atomic mass is 10.1. The average Bonchev–Trinajstić information content (AvgIpc) is 2.84. The van der Waals surface area contributed by atoms with Crippen LogP contribution in [0.5, 0.6) is 5.75 Å². The van der Waals surface area contributed by atoms with Crippen molar-refractivity contribution in [3.63, 3.8) is 0 Å². The molecule has 1 N–H and O–H groups in total. The molecule has 0 aliphatic carbocycles. The number of rotatable bonds is 6. The number of nitrogens with zero attached hydrogens (tertiary/aromatic N) is 2. The first-order valence-electron chi connectivity index (χ1n) is 10.5. The molecule has 2 aromatic rings. The van der Waals surface area contributed by atoms with Crippen molar-refractivity contribution in [1.82, 2.24) is 15.1 Å². The van der Waals surface area contributed by atoms with Gasteiger partial charge in [0.1, 0.15) is 11.4 Å². The number of amides is 3. The monoisotopic (exact) mass is 437 g/mol. The largest absolute Gasteiger partial charge is 0.496 e. The molecule has 0 atom stereocenters. The number of para-hydroxylation sites is 1. The molecule has 32 heavy (non-hydrogen) atoms. The van der Waals surface area contributed by atoms with Gasteiger partial charge in [0.05, 0.1) is 13.7 Å². The second kappa shape index (κ2) is 11.0. The van der Waals surface area contributed by atoms with Gasteiger partial charge in [0.2, 0.25) is 0 Å². The van der Waals surface area contributed by atoms with Gasteiger partial charge < -0.3 is 24.6 Å². The van der Waals surface area contributed by atoms with Gasteiger partial charge in [0.25, 0.3) is 11.8 Å². The van der Waals surface area contributed by atoms with Crippen LogP contribution in [0.2, 0.25) is 0 Å². The van der Waals surface area contributed by atoms with Crippen LogP contribution in [0.1, 0.15) is 22.8 Å². The van der Waals surface area contributed by atoms with Gasteiger partial charge >= 0.3 is 6.09 Å². The number of benzene rings is 2. The van der Waals surface area contributed by atoms with Crippen LogP contribution >= 0.6 is 0 Å². The highest BCUT2D eigenvalue weighted by atomic mass is 16.6. The zero-order chi connectivity index (χ0) is 22.9. The van der Waals surface area contributed by atoms with Crippen LogP contribution < -0.4 is 10.1 Å². The fraction of sp³-hybridized carbons (Fsp3) is 0.292. The fourth-order valence-electron chi connectivity index (χ4n) is 3.35. The molecule has 8 heteroatoms. The SMILES string of the molecule is CCOC(=O)N1CCN(C(=O)/C(=C\c2ccccc2OC)NC(=O)c2ccccc2)CC1. The second-order valence-electron chi connectivity index (χ2n) is 7.10. The molecule has 0 saturated carbocycles. The summed E-state index contributed by atoms with van der Waals surface area (Å²) in [5.41, 5.74) is 1.24. The lowest BCUT2D eigenvalue weighted by Crippen LogP contribution is -2.52. The van der Waals surface area contributed by atoms with Gasteiger partial charge in [-0.3, -0.25) is 9.59 Å². The van der Waals surface area contributed by atoms with Crippen molar-refractivity contribution < 1.29 is 23.9 Å². The van der Waals surface area contributed by atoms with E-state index in [4.69, 9.17) is 9.47 Å². The maximum atomic E-state index is 13.3. The maximum Gasteiger partial charge on any atom is 0.409 e. The molecule has 3 amide bonds. The summed E-state index contributed by atoms with van der Waals surface area (Å²) < 4.78 is 10.4. The van der Waals surface area contributed by atoms with E-state index in [0.29, 0.717) is 49.7 Å². The van der Waals surface area contributed by atoms with Crippen molar-refractivity contribution in [3.05, 3.63) is 71.4 Å². The molecular formula is C24H27N3O5. The second-order valence-corrected chi connectivity index (χ2v) is 7.10. The Bertz CT molecular complexity index is 982. The molecule has 1 aliphatic rings. The molecule has 8 nitrogen and oxygen atoms in total. The smallest absolute Gasteiger partial charge is 0.409 e. The number of ether oxygens (including phenoxy) is 2. The molecule has 3 rings (SSSR count). The highest BCUT2D eigenvalue weighted by molar-refractivity contribution is 6.05. The van der Waals surface area contributed by atoms with Gasteiger partial charge in [0.15, 0.2) is 0 Å². The third-order valence-electron chi connectivity index (χ3n) is 5.05. The third-order valence-corrected chi connectivity index (χ3v) is 5.05. The minimum Gasteiger partial charge on any atom is -0.496 e. The van der Waals surface area contributed by atoms with E-state index in [9.17, 15) is 14.4 Å². The quantitative estimate of drug-likeness (QED) is 0.702. The van der Waals surface area contributed by atoms with Crippen molar-refractivity contribution >= 4 is 24.0 Å². The van der Waals surface area contributed by atoms with Crippen LogP contribution in [0.15, 0.2) is 60.3 Å². The molecule has 2 aromatic carbocycles. The molecule has 1 heterocycles. The predicted molar refractivity (Wildman–Crippen MR) is 120 cm³/mol. The molecule has 0 aromatic heterocycles. The van der Waals surface area contributed by atoms with Gasteiger partial charge in [-0.25, -0.2) is 4.79 Å². The molecule has 0 spiro atoms. The molecule has 1 fully saturated rings. The van der Waals surface area contributed by atoms with Crippen molar-refractivity contribution in [2.75, 3.05) is 39.9 Å². The molecule has 0 unspecified atom stereocenters. The summed E-state index contributed by atoms with van der Waals surface area (Å²) in [6.07, 6.45) is 1.22. The third kappa shape index (κ3) is 5.66. The highest BCUT2D eigenvalue weighted by Gasteiger charge is 2.27. The fourth-order valence-corrected chi connectivity index (χ4v) is 3.35. The van der Waals surface area contributed by atoms with Crippen molar-refractivity contribution in [2.24, 2.45) is 0 Å². The first-order valence-corrected chi connectivity index (χ1v) is 10.5. The summed E-state index contributed by atoms with van der Waals surface area (Å²) in [6, 6.07) is 15.9. The van der Waals surface area contributed by atoms with Gasteiger partial charge in [-0.05, 0) is 31.2 Å². The number of nitrogens with one attached hydrogen (secondary N) is 1. The van der Waals surface area contributed by atoms with Gasteiger partial charge in [-0.2, -0.15) is 0 Å². The first kappa shape index (κ1) is 22.9. The summed E-state index contributed by atoms with van der Waals surface area (Å²) in [4.78, 5) is 41.2.